The average molecular weight is 345 g/mol. The lowest BCUT2D eigenvalue weighted by Gasteiger charge is -2.24. The van der Waals surface area contributed by atoms with E-state index < -0.39 is 0 Å². The summed E-state index contributed by atoms with van der Waals surface area (Å²) in [6, 6.07) is 0.371. The minimum absolute atomic E-state index is 0.122. The van der Waals surface area contributed by atoms with E-state index in [0.717, 1.165) is 18.7 Å². The van der Waals surface area contributed by atoms with E-state index in [1.54, 1.807) is 13.3 Å². The molecule has 0 aliphatic carbocycles. The molecule has 2 unspecified atom stereocenters. The molecular formula is C13H21BrN4O2. The Balaban J connectivity index is 2.25. The van der Waals surface area contributed by atoms with Gasteiger partial charge in [-0.15, -0.1) is 0 Å². The molecule has 1 aliphatic rings. The standard InChI is InChI=1S/C13H21BrN4O2/c1-9-5-10(6-15)8-17(9)11-7-16-18(3-4-20-2)13(19)12(11)14/h7,9-10H,3-6,8,15H2,1-2H3. The average Bonchev–Trinajstić information content (AvgIpc) is 2.82. The third-order valence-electron chi connectivity index (χ3n) is 3.78. The first-order valence-electron chi connectivity index (χ1n) is 6.79. The van der Waals surface area contributed by atoms with Crippen molar-refractivity contribution < 1.29 is 4.74 Å². The highest BCUT2D eigenvalue weighted by Gasteiger charge is 2.30. The zero-order valence-corrected chi connectivity index (χ0v) is 13.5. The number of anilines is 1. The topological polar surface area (TPSA) is 73.4 Å². The lowest BCUT2D eigenvalue weighted by molar-refractivity contribution is 0.181. The molecule has 0 amide bonds. The van der Waals surface area contributed by atoms with Gasteiger partial charge in [0.1, 0.15) is 4.47 Å². The number of nitrogens with two attached hydrogens (primary N) is 1. The summed E-state index contributed by atoms with van der Waals surface area (Å²) in [5.41, 5.74) is 6.48. The van der Waals surface area contributed by atoms with Crippen molar-refractivity contribution in [2.24, 2.45) is 11.7 Å². The van der Waals surface area contributed by atoms with Crippen molar-refractivity contribution in [3.05, 3.63) is 21.0 Å². The summed E-state index contributed by atoms with van der Waals surface area (Å²) < 4.78 is 6.95. The maximum Gasteiger partial charge on any atom is 0.283 e. The van der Waals surface area contributed by atoms with E-state index in [9.17, 15) is 4.79 Å². The molecule has 0 spiro atoms. The van der Waals surface area contributed by atoms with Gasteiger partial charge in [-0.1, -0.05) is 0 Å². The number of halogens is 1. The number of aromatic nitrogens is 2. The van der Waals surface area contributed by atoms with Crippen LogP contribution in [0.2, 0.25) is 0 Å². The van der Waals surface area contributed by atoms with Crippen LogP contribution in [0.25, 0.3) is 0 Å². The molecule has 7 heteroatoms. The second-order valence-electron chi connectivity index (χ2n) is 5.20. The number of ether oxygens (including phenoxy) is 1. The Hall–Kier alpha value is -0.920. The molecule has 0 aromatic carbocycles. The Kier molecular flexibility index (Phi) is 5.17. The third kappa shape index (κ3) is 3.05. The third-order valence-corrected chi connectivity index (χ3v) is 4.52. The first-order chi connectivity index (χ1) is 9.58. The van der Waals surface area contributed by atoms with Gasteiger partial charge in [-0.25, -0.2) is 4.68 Å². The van der Waals surface area contributed by atoms with Crippen molar-refractivity contribution in [3.63, 3.8) is 0 Å². The van der Waals surface area contributed by atoms with Crippen molar-refractivity contribution in [1.82, 2.24) is 9.78 Å². The summed E-state index contributed by atoms with van der Waals surface area (Å²) in [5, 5.41) is 4.23. The number of methoxy groups -OCH3 is 1. The minimum Gasteiger partial charge on any atom is -0.383 e. The van der Waals surface area contributed by atoms with Gasteiger partial charge in [-0.05, 0) is 41.7 Å². The summed E-state index contributed by atoms with van der Waals surface area (Å²) in [7, 11) is 1.60. The van der Waals surface area contributed by atoms with E-state index in [-0.39, 0.29) is 5.56 Å². The first kappa shape index (κ1) is 15.5. The molecule has 1 aromatic rings. The summed E-state index contributed by atoms with van der Waals surface area (Å²) >= 11 is 3.42. The Bertz CT molecular complexity index is 520. The Morgan fingerprint density at radius 2 is 2.35 bits per heavy atom. The summed E-state index contributed by atoms with van der Waals surface area (Å²) in [5.74, 6) is 0.479. The lowest BCUT2D eigenvalue weighted by Crippen LogP contribution is -2.32. The van der Waals surface area contributed by atoms with Crippen molar-refractivity contribution in [3.8, 4) is 0 Å². The van der Waals surface area contributed by atoms with Gasteiger partial charge in [-0.3, -0.25) is 4.79 Å². The second-order valence-corrected chi connectivity index (χ2v) is 6.00. The lowest BCUT2D eigenvalue weighted by atomic mass is 10.1. The number of nitrogens with zero attached hydrogens (tertiary/aromatic N) is 3. The van der Waals surface area contributed by atoms with E-state index in [1.807, 2.05) is 0 Å². The number of hydrogen-bond donors (Lipinski definition) is 1. The van der Waals surface area contributed by atoms with Crippen molar-refractivity contribution >= 4 is 21.6 Å². The highest BCUT2D eigenvalue weighted by molar-refractivity contribution is 9.10. The molecule has 1 aromatic heterocycles. The van der Waals surface area contributed by atoms with Gasteiger partial charge in [0, 0.05) is 19.7 Å². The molecule has 2 N–H and O–H groups in total. The molecule has 2 atom stereocenters. The predicted octanol–water partition coefficient (Wildman–Crippen LogP) is 0.826. The molecule has 1 fully saturated rings. The monoisotopic (exact) mass is 344 g/mol. The zero-order chi connectivity index (χ0) is 14.7. The molecule has 0 saturated carbocycles. The molecule has 0 bridgehead atoms. The first-order valence-corrected chi connectivity index (χ1v) is 7.59. The Morgan fingerprint density at radius 1 is 1.60 bits per heavy atom. The molecule has 0 radical (unpaired) electrons. The van der Waals surface area contributed by atoms with E-state index in [1.165, 1.54) is 4.68 Å². The van der Waals surface area contributed by atoms with Crippen LogP contribution < -0.4 is 16.2 Å². The summed E-state index contributed by atoms with van der Waals surface area (Å²) in [4.78, 5) is 14.5. The van der Waals surface area contributed by atoms with Gasteiger partial charge in [0.15, 0.2) is 0 Å². The van der Waals surface area contributed by atoms with Gasteiger partial charge < -0.3 is 15.4 Å². The van der Waals surface area contributed by atoms with Gasteiger partial charge in [0.05, 0.1) is 25.0 Å². The van der Waals surface area contributed by atoms with Crippen LogP contribution in [0.1, 0.15) is 13.3 Å². The van der Waals surface area contributed by atoms with Gasteiger partial charge >= 0.3 is 0 Å². The summed E-state index contributed by atoms with van der Waals surface area (Å²) in [6.07, 6.45) is 2.80. The predicted molar refractivity (Wildman–Crippen MR) is 82.0 cm³/mol. The Labute approximate surface area is 127 Å². The van der Waals surface area contributed by atoms with Crippen LogP contribution >= 0.6 is 15.9 Å². The number of hydrogen-bond acceptors (Lipinski definition) is 5. The SMILES string of the molecule is COCCn1ncc(N2CC(CN)CC2C)c(Br)c1=O. The van der Waals surface area contributed by atoms with E-state index in [0.29, 0.717) is 36.1 Å². The van der Waals surface area contributed by atoms with Crippen LogP contribution in [0.15, 0.2) is 15.5 Å². The smallest absolute Gasteiger partial charge is 0.283 e. The molecule has 2 heterocycles. The largest absolute Gasteiger partial charge is 0.383 e. The number of rotatable bonds is 5. The van der Waals surface area contributed by atoms with E-state index in [2.05, 4.69) is 32.9 Å². The fourth-order valence-corrected chi connectivity index (χ4v) is 3.18. The second kappa shape index (κ2) is 6.69. The maximum absolute atomic E-state index is 12.3. The van der Waals surface area contributed by atoms with Crippen LogP contribution in [0.3, 0.4) is 0 Å². The molecule has 1 aliphatic heterocycles. The van der Waals surface area contributed by atoms with E-state index >= 15 is 0 Å². The fraction of sp³-hybridized carbons (Fsp3) is 0.692. The van der Waals surface area contributed by atoms with Crippen LogP contribution in [0.4, 0.5) is 5.69 Å². The van der Waals surface area contributed by atoms with E-state index in [4.69, 9.17) is 10.5 Å². The van der Waals surface area contributed by atoms with Gasteiger partial charge in [0.25, 0.3) is 5.56 Å². The van der Waals surface area contributed by atoms with Crippen LogP contribution in [-0.2, 0) is 11.3 Å². The van der Waals surface area contributed by atoms with Gasteiger partial charge in [0.2, 0.25) is 0 Å². The fourth-order valence-electron chi connectivity index (χ4n) is 2.64. The van der Waals surface area contributed by atoms with Crippen molar-refractivity contribution in [2.45, 2.75) is 25.9 Å². The van der Waals surface area contributed by atoms with Gasteiger partial charge in [-0.2, -0.15) is 5.10 Å². The van der Waals surface area contributed by atoms with Crippen molar-refractivity contribution in [2.75, 3.05) is 31.7 Å². The summed E-state index contributed by atoms with van der Waals surface area (Å²) in [6.45, 7) is 4.62. The maximum atomic E-state index is 12.3. The van der Waals surface area contributed by atoms with Crippen LogP contribution in [0, 0.1) is 5.92 Å². The highest BCUT2D eigenvalue weighted by atomic mass is 79.9. The molecule has 6 nitrogen and oxygen atoms in total. The molecule has 1 saturated heterocycles. The zero-order valence-electron chi connectivity index (χ0n) is 11.9. The molecule has 2 rings (SSSR count). The van der Waals surface area contributed by atoms with Crippen LogP contribution in [0.5, 0.6) is 0 Å². The molecular weight excluding hydrogens is 324 g/mol. The Morgan fingerprint density at radius 3 is 2.95 bits per heavy atom. The minimum atomic E-state index is -0.122. The van der Waals surface area contributed by atoms with Crippen LogP contribution in [-0.4, -0.2) is 42.6 Å². The highest BCUT2D eigenvalue weighted by Crippen LogP contribution is 2.31. The molecule has 20 heavy (non-hydrogen) atoms. The quantitative estimate of drug-likeness (QED) is 0.856. The van der Waals surface area contributed by atoms with Crippen molar-refractivity contribution in [1.29, 1.82) is 0 Å². The normalized spacial score (nSPS) is 22.5. The molecule has 112 valence electrons.